The van der Waals surface area contributed by atoms with E-state index >= 15 is 0 Å². The highest BCUT2D eigenvalue weighted by molar-refractivity contribution is 6.30. The molecule has 0 radical (unpaired) electrons. The Balaban J connectivity index is 1.65. The zero-order valence-electron chi connectivity index (χ0n) is 11.9. The van der Waals surface area contributed by atoms with Crippen LogP contribution in [0.2, 0.25) is 5.02 Å². The monoisotopic (exact) mass is 297 g/mol. The summed E-state index contributed by atoms with van der Waals surface area (Å²) in [5.74, 6) is 0.783. The van der Waals surface area contributed by atoms with Crippen molar-refractivity contribution in [3.05, 3.63) is 34.9 Å². The van der Waals surface area contributed by atoms with Crippen molar-refractivity contribution in [2.45, 2.75) is 19.3 Å². The van der Waals surface area contributed by atoms with E-state index in [1.807, 2.05) is 12.1 Å². The van der Waals surface area contributed by atoms with Gasteiger partial charge in [-0.15, -0.1) is 0 Å². The highest BCUT2D eigenvalue weighted by Crippen LogP contribution is 2.22. The number of aliphatic hydroxyl groups is 1. The highest BCUT2D eigenvalue weighted by atomic mass is 35.5. The van der Waals surface area contributed by atoms with Crippen LogP contribution >= 0.6 is 11.6 Å². The van der Waals surface area contributed by atoms with Crippen LogP contribution in [-0.4, -0.2) is 49.5 Å². The Kier molecular flexibility index (Phi) is 6.80. The summed E-state index contributed by atoms with van der Waals surface area (Å²) in [7, 11) is 0. The van der Waals surface area contributed by atoms with Gasteiger partial charge in [0, 0.05) is 11.6 Å². The molecule has 0 saturated carbocycles. The Morgan fingerprint density at radius 1 is 1.15 bits per heavy atom. The average Bonchev–Trinajstić information content (AvgIpc) is 2.48. The van der Waals surface area contributed by atoms with Gasteiger partial charge in [-0.3, -0.25) is 0 Å². The summed E-state index contributed by atoms with van der Waals surface area (Å²) in [5.41, 5.74) is 1.39. The summed E-state index contributed by atoms with van der Waals surface area (Å²) in [6.45, 7) is 4.58. The normalized spacial score (nSPS) is 17.5. The van der Waals surface area contributed by atoms with Crippen molar-refractivity contribution in [1.29, 1.82) is 0 Å². The average molecular weight is 298 g/mol. The number of halogens is 1. The standard InChI is InChI=1S/C16H24ClNO2/c17-16-3-1-14(2-4-16)13-15-5-7-18(8-6-15)9-11-20-12-10-19/h1-4,15,19H,5-13H2. The minimum atomic E-state index is 0.114. The second kappa shape index (κ2) is 8.63. The van der Waals surface area contributed by atoms with Crippen LogP contribution in [0.15, 0.2) is 24.3 Å². The predicted octanol–water partition coefficient (Wildman–Crippen LogP) is 2.60. The van der Waals surface area contributed by atoms with Gasteiger partial charge < -0.3 is 14.7 Å². The van der Waals surface area contributed by atoms with Gasteiger partial charge in [-0.2, -0.15) is 0 Å². The van der Waals surface area contributed by atoms with E-state index in [0.29, 0.717) is 6.61 Å². The summed E-state index contributed by atoms with van der Waals surface area (Å²) in [6.07, 6.45) is 3.66. The lowest BCUT2D eigenvalue weighted by Crippen LogP contribution is -2.36. The summed E-state index contributed by atoms with van der Waals surface area (Å²) in [6, 6.07) is 8.23. The molecule has 1 N–H and O–H groups in total. The molecule has 0 amide bonds. The number of rotatable bonds is 7. The van der Waals surface area contributed by atoms with Crippen molar-refractivity contribution in [2.75, 3.05) is 39.5 Å². The molecule has 0 aromatic heterocycles. The summed E-state index contributed by atoms with van der Waals surface area (Å²) >= 11 is 5.91. The molecule has 1 saturated heterocycles. The molecule has 0 aliphatic carbocycles. The number of hydrogen-bond donors (Lipinski definition) is 1. The van der Waals surface area contributed by atoms with Crippen LogP contribution in [0.3, 0.4) is 0 Å². The van der Waals surface area contributed by atoms with Gasteiger partial charge in [0.25, 0.3) is 0 Å². The number of hydrogen-bond acceptors (Lipinski definition) is 3. The molecule has 1 aliphatic rings. The van der Waals surface area contributed by atoms with Crippen molar-refractivity contribution in [2.24, 2.45) is 5.92 Å². The van der Waals surface area contributed by atoms with Crippen molar-refractivity contribution in [3.63, 3.8) is 0 Å². The number of likely N-dealkylation sites (tertiary alicyclic amines) is 1. The van der Waals surface area contributed by atoms with Crippen LogP contribution in [-0.2, 0) is 11.2 Å². The maximum Gasteiger partial charge on any atom is 0.0698 e. The Morgan fingerprint density at radius 3 is 2.50 bits per heavy atom. The molecule has 4 heteroatoms. The lowest BCUT2D eigenvalue weighted by atomic mass is 9.90. The Labute approximate surface area is 126 Å². The van der Waals surface area contributed by atoms with Crippen molar-refractivity contribution in [1.82, 2.24) is 4.90 Å². The van der Waals surface area contributed by atoms with Crippen molar-refractivity contribution >= 4 is 11.6 Å². The van der Waals surface area contributed by atoms with Crippen LogP contribution in [0, 0.1) is 5.92 Å². The van der Waals surface area contributed by atoms with Gasteiger partial charge in [0.15, 0.2) is 0 Å². The summed E-state index contributed by atoms with van der Waals surface area (Å²) in [4.78, 5) is 2.45. The smallest absolute Gasteiger partial charge is 0.0698 e. The van der Waals surface area contributed by atoms with Gasteiger partial charge in [-0.05, 0) is 56.0 Å². The molecule has 1 aliphatic heterocycles. The lowest BCUT2D eigenvalue weighted by molar-refractivity contribution is 0.0649. The largest absolute Gasteiger partial charge is 0.394 e. The fraction of sp³-hybridized carbons (Fsp3) is 0.625. The van der Waals surface area contributed by atoms with E-state index in [0.717, 1.165) is 43.6 Å². The van der Waals surface area contributed by atoms with Gasteiger partial charge in [-0.25, -0.2) is 0 Å². The number of piperidine rings is 1. The number of ether oxygens (including phenoxy) is 1. The third-order valence-corrected chi connectivity index (χ3v) is 4.18. The molecule has 1 fully saturated rings. The third-order valence-electron chi connectivity index (χ3n) is 3.93. The highest BCUT2D eigenvalue weighted by Gasteiger charge is 2.19. The van der Waals surface area contributed by atoms with Crippen molar-refractivity contribution in [3.8, 4) is 0 Å². The van der Waals surface area contributed by atoms with Gasteiger partial charge in [0.05, 0.1) is 19.8 Å². The fourth-order valence-electron chi connectivity index (χ4n) is 2.73. The zero-order valence-corrected chi connectivity index (χ0v) is 12.7. The molecular weight excluding hydrogens is 274 g/mol. The molecule has 1 aromatic rings. The second-order valence-corrected chi connectivity index (χ2v) is 5.89. The Bertz CT molecular complexity index is 375. The second-order valence-electron chi connectivity index (χ2n) is 5.45. The van der Waals surface area contributed by atoms with E-state index in [1.165, 1.54) is 18.4 Å². The van der Waals surface area contributed by atoms with E-state index in [9.17, 15) is 0 Å². The minimum absolute atomic E-state index is 0.114. The van der Waals surface area contributed by atoms with Crippen LogP contribution in [0.4, 0.5) is 0 Å². The zero-order chi connectivity index (χ0) is 14.2. The molecule has 20 heavy (non-hydrogen) atoms. The van der Waals surface area contributed by atoms with E-state index in [1.54, 1.807) is 0 Å². The van der Waals surface area contributed by atoms with Gasteiger partial charge in [0.2, 0.25) is 0 Å². The topological polar surface area (TPSA) is 32.7 Å². The van der Waals surface area contributed by atoms with Crippen LogP contribution in [0.1, 0.15) is 18.4 Å². The van der Waals surface area contributed by atoms with E-state index in [4.69, 9.17) is 21.4 Å². The number of nitrogens with zero attached hydrogens (tertiary/aromatic N) is 1. The van der Waals surface area contributed by atoms with E-state index in [-0.39, 0.29) is 6.61 Å². The maximum absolute atomic E-state index is 8.65. The lowest BCUT2D eigenvalue weighted by Gasteiger charge is -2.31. The van der Waals surface area contributed by atoms with Gasteiger partial charge in [-0.1, -0.05) is 23.7 Å². The summed E-state index contributed by atoms with van der Waals surface area (Å²) < 4.78 is 5.32. The first kappa shape index (κ1) is 15.8. The van der Waals surface area contributed by atoms with Gasteiger partial charge in [0.1, 0.15) is 0 Å². The maximum atomic E-state index is 8.65. The molecule has 2 rings (SSSR count). The molecule has 0 unspecified atom stereocenters. The molecule has 1 aromatic carbocycles. The molecule has 0 bridgehead atoms. The molecule has 0 spiro atoms. The molecule has 0 atom stereocenters. The van der Waals surface area contributed by atoms with Crippen molar-refractivity contribution < 1.29 is 9.84 Å². The summed E-state index contributed by atoms with van der Waals surface area (Å²) in [5, 5.41) is 9.46. The Morgan fingerprint density at radius 2 is 1.85 bits per heavy atom. The number of benzene rings is 1. The first-order chi connectivity index (χ1) is 9.78. The van der Waals surface area contributed by atoms with E-state index in [2.05, 4.69) is 17.0 Å². The van der Waals surface area contributed by atoms with Crippen LogP contribution in [0.5, 0.6) is 0 Å². The SMILES string of the molecule is OCCOCCN1CCC(Cc2ccc(Cl)cc2)CC1. The molecule has 112 valence electrons. The molecular formula is C16H24ClNO2. The number of aliphatic hydroxyl groups excluding tert-OH is 1. The van der Waals surface area contributed by atoms with Crippen LogP contribution < -0.4 is 0 Å². The molecule has 1 heterocycles. The van der Waals surface area contributed by atoms with Gasteiger partial charge >= 0.3 is 0 Å². The third kappa shape index (κ3) is 5.41. The predicted molar refractivity (Wildman–Crippen MR) is 82.2 cm³/mol. The van der Waals surface area contributed by atoms with Crippen LogP contribution in [0.25, 0.3) is 0 Å². The fourth-order valence-corrected chi connectivity index (χ4v) is 2.85. The quantitative estimate of drug-likeness (QED) is 0.785. The Hall–Kier alpha value is -0.610. The minimum Gasteiger partial charge on any atom is -0.394 e. The first-order valence-corrected chi connectivity index (χ1v) is 7.81. The van der Waals surface area contributed by atoms with E-state index < -0.39 is 0 Å². The first-order valence-electron chi connectivity index (χ1n) is 7.43. The molecule has 3 nitrogen and oxygen atoms in total.